The molecule has 2 rings (SSSR count). The molecule has 1 aromatic heterocycles. The molecule has 1 aliphatic heterocycles. The van der Waals surface area contributed by atoms with Gasteiger partial charge in [-0.2, -0.15) is 0 Å². The molecule has 0 aromatic carbocycles. The van der Waals surface area contributed by atoms with E-state index in [2.05, 4.69) is 17.2 Å². The third kappa shape index (κ3) is 3.93. The summed E-state index contributed by atoms with van der Waals surface area (Å²) in [7, 11) is 0. The van der Waals surface area contributed by atoms with Gasteiger partial charge in [-0.3, -0.25) is 9.78 Å². The summed E-state index contributed by atoms with van der Waals surface area (Å²) in [6, 6.07) is 1.87. The van der Waals surface area contributed by atoms with Gasteiger partial charge in [-0.25, -0.2) is 0 Å². The number of rotatable bonds is 6. The average Bonchev–Trinajstić information content (AvgIpc) is 2.95. The van der Waals surface area contributed by atoms with Crippen LogP contribution in [0, 0.1) is 0 Å². The van der Waals surface area contributed by atoms with E-state index in [0.29, 0.717) is 11.6 Å². The van der Waals surface area contributed by atoms with Crippen LogP contribution in [0.3, 0.4) is 0 Å². The Morgan fingerprint density at radius 3 is 3.05 bits per heavy atom. The molecule has 1 fully saturated rings. The lowest BCUT2D eigenvalue weighted by Crippen LogP contribution is -2.41. The van der Waals surface area contributed by atoms with E-state index in [1.54, 1.807) is 0 Å². The predicted octanol–water partition coefficient (Wildman–Crippen LogP) is 1.78. The Labute approximate surface area is 120 Å². The lowest BCUT2D eigenvalue weighted by atomic mass is 10.1. The molecule has 5 nitrogen and oxygen atoms in total. The van der Waals surface area contributed by atoms with Crippen LogP contribution in [-0.2, 0) is 0 Å². The number of hydrogen-bond donors (Lipinski definition) is 2. The summed E-state index contributed by atoms with van der Waals surface area (Å²) in [5, 5.41) is 12.9. The molecular formula is C15H23N3O2. The molecule has 1 amide bonds. The third-order valence-corrected chi connectivity index (χ3v) is 3.64. The van der Waals surface area contributed by atoms with Gasteiger partial charge in [0.1, 0.15) is 5.75 Å². The number of nitrogens with one attached hydrogen (secondary N) is 1. The zero-order valence-electron chi connectivity index (χ0n) is 12.0. The van der Waals surface area contributed by atoms with Gasteiger partial charge in [-0.1, -0.05) is 13.3 Å². The quantitative estimate of drug-likeness (QED) is 0.832. The van der Waals surface area contributed by atoms with E-state index < -0.39 is 0 Å². The summed E-state index contributed by atoms with van der Waals surface area (Å²) in [6.07, 6.45) is 7.20. The van der Waals surface area contributed by atoms with E-state index in [0.717, 1.165) is 38.9 Å². The van der Waals surface area contributed by atoms with Gasteiger partial charge in [0.2, 0.25) is 0 Å². The van der Waals surface area contributed by atoms with Crippen molar-refractivity contribution >= 4 is 5.91 Å². The Morgan fingerprint density at radius 2 is 2.40 bits per heavy atom. The highest BCUT2D eigenvalue weighted by Crippen LogP contribution is 2.14. The van der Waals surface area contributed by atoms with E-state index in [9.17, 15) is 9.90 Å². The molecule has 2 N–H and O–H groups in total. The molecule has 0 radical (unpaired) electrons. The fourth-order valence-electron chi connectivity index (χ4n) is 2.53. The molecule has 1 unspecified atom stereocenters. The van der Waals surface area contributed by atoms with Crippen LogP contribution in [0.15, 0.2) is 18.5 Å². The molecule has 0 saturated carbocycles. The van der Waals surface area contributed by atoms with E-state index >= 15 is 0 Å². The van der Waals surface area contributed by atoms with Crippen LogP contribution in [-0.4, -0.2) is 46.6 Å². The molecule has 5 heteroatoms. The van der Waals surface area contributed by atoms with Crippen molar-refractivity contribution in [1.29, 1.82) is 0 Å². The monoisotopic (exact) mass is 277 g/mol. The van der Waals surface area contributed by atoms with Crippen LogP contribution < -0.4 is 5.32 Å². The van der Waals surface area contributed by atoms with Crippen LogP contribution in [0.2, 0.25) is 0 Å². The molecule has 0 bridgehead atoms. The Balaban J connectivity index is 2.05. The first-order valence-corrected chi connectivity index (χ1v) is 7.37. The van der Waals surface area contributed by atoms with Gasteiger partial charge in [0.05, 0.1) is 11.8 Å². The fraction of sp³-hybridized carbons (Fsp3) is 0.600. The topological polar surface area (TPSA) is 65.5 Å². The van der Waals surface area contributed by atoms with Gasteiger partial charge < -0.3 is 15.3 Å². The number of aromatic nitrogens is 1. The predicted molar refractivity (Wildman–Crippen MR) is 77.7 cm³/mol. The normalized spacial score (nSPS) is 18.1. The number of pyridine rings is 1. The summed E-state index contributed by atoms with van der Waals surface area (Å²) < 4.78 is 0. The second-order valence-corrected chi connectivity index (χ2v) is 5.33. The zero-order valence-corrected chi connectivity index (χ0v) is 12.0. The fourth-order valence-corrected chi connectivity index (χ4v) is 2.53. The van der Waals surface area contributed by atoms with Crippen LogP contribution in [0.1, 0.15) is 43.0 Å². The van der Waals surface area contributed by atoms with Gasteiger partial charge in [-0.15, -0.1) is 0 Å². The van der Waals surface area contributed by atoms with Crippen LogP contribution >= 0.6 is 0 Å². The molecule has 2 heterocycles. The first-order valence-electron chi connectivity index (χ1n) is 7.37. The Hall–Kier alpha value is -1.62. The minimum atomic E-state index is -0.0458. The highest BCUT2D eigenvalue weighted by atomic mass is 16.3. The summed E-state index contributed by atoms with van der Waals surface area (Å²) >= 11 is 0. The van der Waals surface area contributed by atoms with Crippen molar-refractivity contribution in [1.82, 2.24) is 15.2 Å². The Bertz CT molecular complexity index is 444. The van der Waals surface area contributed by atoms with Crippen molar-refractivity contribution in [3.8, 4) is 5.75 Å². The van der Waals surface area contributed by atoms with Crippen molar-refractivity contribution in [3.05, 3.63) is 24.0 Å². The smallest absolute Gasteiger partial charge is 0.255 e. The first-order chi connectivity index (χ1) is 9.70. The van der Waals surface area contributed by atoms with Crippen molar-refractivity contribution in [2.75, 3.05) is 19.6 Å². The van der Waals surface area contributed by atoms with Crippen molar-refractivity contribution in [2.24, 2.45) is 0 Å². The summed E-state index contributed by atoms with van der Waals surface area (Å²) in [5.74, 6) is -0.0131. The molecule has 110 valence electrons. The minimum Gasteiger partial charge on any atom is -0.506 e. The van der Waals surface area contributed by atoms with E-state index in [4.69, 9.17) is 0 Å². The van der Waals surface area contributed by atoms with Crippen molar-refractivity contribution in [3.63, 3.8) is 0 Å². The van der Waals surface area contributed by atoms with Gasteiger partial charge in [0, 0.05) is 25.3 Å². The Morgan fingerprint density at radius 1 is 1.55 bits per heavy atom. The van der Waals surface area contributed by atoms with Gasteiger partial charge in [0.15, 0.2) is 0 Å². The summed E-state index contributed by atoms with van der Waals surface area (Å²) in [4.78, 5) is 18.3. The van der Waals surface area contributed by atoms with E-state index in [1.165, 1.54) is 24.9 Å². The highest BCUT2D eigenvalue weighted by Gasteiger charge is 2.22. The van der Waals surface area contributed by atoms with Crippen molar-refractivity contribution in [2.45, 2.75) is 38.6 Å². The first kappa shape index (κ1) is 14.8. The number of hydrogen-bond acceptors (Lipinski definition) is 4. The summed E-state index contributed by atoms with van der Waals surface area (Å²) in [5.41, 5.74) is 0.458. The number of unbranched alkanes of at least 4 members (excludes halogenated alkanes) is 1. The van der Waals surface area contributed by atoms with Gasteiger partial charge in [0.25, 0.3) is 5.91 Å². The number of carbonyl (C=O) groups excluding carboxylic acids is 1. The molecular weight excluding hydrogens is 254 g/mol. The number of aromatic hydroxyl groups is 1. The van der Waals surface area contributed by atoms with Crippen molar-refractivity contribution < 1.29 is 9.90 Å². The minimum absolute atomic E-state index is 0.0327. The van der Waals surface area contributed by atoms with Crippen LogP contribution in [0.25, 0.3) is 0 Å². The maximum absolute atomic E-state index is 12.5. The lowest BCUT2D eigenvalue weighted by Gasteiger charge is -2.26. The Kier molecular flexibility index (Phi) is 5.35. The third-order valence-electron chi connectivity index (χ3n) is 3.64. The second-order valence-electron chi connectivity index (χ2n) is 5.33. The molecule has 0 spiro atoms. The second kappa shape index (κ2) is 7.24. The molecule has 20 heavy (non-hydrogen) atoms. The number of nitrogens with zero attached hydrogens (tertiary/aromatic N) is 2. The van der Waals surface area contributed by atoms with Crippen LogP contribution in [0.5, 0.6) is 5.75 Å². The van der Waals surface area contributed by atoms with E-state index in [-0.39, 0.29) is 11.7 Å². The maximum Gasteiger partial charge on any atom is 0.255 e. The highest BCUT2D eigenvalue weighted by molar-refractivity contribution is 5.94. The van der Waals surface area contributed by atoms with Crippen LogP contribution in [0.4, 0.5) is 0 Å². The van der Waals surface area contributed by atoms with Gasteiger partial charge in [-0.05, 0) is 31.9 Å². The SMILES string of the molecule is CCCCN(CC1CCCN1)C(=O)c1cncc(O)c1. The molecule has 1 atom stereocenters. The zero-order chi connectivity index (χ0) is 14.4. The lowest BCUT2D eigenvalue weighted by molar-refractivity contribution is 0.0738. The molecule has 1 aromatic rings. The molecule has 1 aliphatic rings. The molecule has 1 saturated heterocycles. The average molecular weight is 277 g/mol. The largest absolute Gasteiger partial charge is 0.506 e. The maximum atomic E-state index is 12.5. The number of carbonyl (C=O) groups is 1. The summed E-state index contributed by atoms with van der Waals surface area (Å²) in [6.45, 7) is 4.64. The molecule has 0 aliphatic carbocycles. The van der Waals surface area contributed by atoms with E-state index in [1.807, 2.05) is 4.90 Å². The van der Waals surface area contributed by atoms with Gasteiger partial charge >= 0.3 is 0 Å². The number of amides is 1. The standard InChI is InChI=1S/C15H23N3O2/c1-2-3-7-18(11-13-5-4-6-17-13)15(20)12-8-14(19)10-16-9-12/h8-10,13,17,19H,2-7,11H2,1H3.